The summed E-state index contributed by atoms with van der Waals surface area (Å²) < 4.78 is 14.3. The Morgan fingerprint density at radius 1 is 1.33 bits per heavy atom. The zero-order valence-corrected chi connectivity index (χ0v) is 8.39. The van der Waals surface area contributed by atoms with Crippen LogP contribution in [0, 0.1) is 0 Å². The Balaban J connectivity index is 2.32. The average molecular weight is 202 g/mol. The van der Waals surface area contributed by atoms with Crippen molar-refractivity contribution in [3.05, 3.63) is 54.1 Å². The molecule has 0 aliphatic carbocycles. The molecule has 0 aliphatic heterocycles. The van der Waals surface area contributed by atoms with Gasteiger partial charge in [0, 0.05) is 11.8 Å². The maximum atomic E-state index is 12.6. The Kier molecular flexibility index (Phi) is 2.63. The quantitative estimate of drug-likeness (QED) is 0.731. The number of hydrogen-bond acceptors (Lipinski definition) is 1. The van der Waals surface area contributed by atoms with Gasteiger partial charge in [-0.1, -0.05) is 18.2 Å². The zero-order valence-electron chi connectivity index (χ0n) is 8.39. The van der Waals surface area contributed by atoms with Crippen LogP contribution in [-0.2, 0) is 0 Å². The summed E-state index contributed by atoms with van der Waals surface area (Å²) in [5.74, 6) is -0.220. The van der Waals surface area contributed by atoms with E-state index in [1.807, 2.05) is 30.3 Å². The molecule has 76 valence electrons. The summed E-state index contributed by atoms with van der Waals surface area (Å²) in [6.07, 6.45) is 4.88. The number of rotatable bonds is 2. The van der Waals surface area contributed by atoms with Gasteiger partial charge < -0.3 is 0 Å². The number of nitrogens with zero attached hydrogens (tertiary/aromatic N) is 2. The number of aromatic nitrogens is 2. The lowest BCUT2D eigenvalue weighted by molar-refractivity contribution is 0.648. The van der Waals surface area contributed by atoms with E-state index in [0.717, 1.165) is 11.3 Å². The number of benzene rings is 1. The lowest BCUT2D eigenvalue weighted by Gasteiger charge is -1.98. The van der Waals surface area contributed by atoms with Gasteiger partial charge in [-0.05, 0) is 25.1 Å². The first-order chi connectivity index (χ1) is 7.25. The van der Waals surface area contributed by atoms with Gasteiger partial charge in [0.05, 0.1) is 17.7 Å². The van der Waals surface area contributed by atoms with Gasteiger partial charge in [-0.2, -0.15) is 5.10 Å². The van der Waals surface area contributed by atoms with Crippen molar-refractivity contribution in [2.45, 2.75) is 6.92 Å². The van der Waals surface area contributed by atoms with Gasteiger partial charge in [-0.25, -0.2) is 9.07 Å². The van der Waals surface area contributed by atoms with Crippen LogP contribution in [0.15, 0.2) is 48.6 Å². The van der Waals surface area contributed by atoms with Gasteiger partial charge in [0.2, 0.25) is 0 Å². The number of halogens is 1. The first kappa shape index (κ1) is 9.65. The fourth-order valence-corrected chi connectivity index (χ4v) is 1.36. The fourth-order valence-electron chi connectivity index (χ4n) is 1.36. The van der Waals surface area contributed by atoms with Gasteiger partial charge in [0.15, 0.2) is 0 Å². The summed E-state index contributed by atoms with van der Waals surface area (Å²) >= 11 is 0. The highest BCUT2D eigenvalue weighted by molar-refractivity contribution is 5.49. The van der Waals surface area contributed by atoms with E-state index >= 15 is 0 Å². The molecule has 15 heavy (non-hydrogen) atoms. The smallest absolute Gasteiger partial charge is 0.0975 e. The third kappa shape index (κ3) is 2.31. The molecule has 0 spiro atoms. The van der Waals surface area contributed by atoms with E-state index in [1.165, 1.54) is 13.0 Å². The maximum Gasteiger partial charge on any atom is 0.0975 e. The van der Waals surface area contributed by atoms with E-state index in [0.29, 0.717) is 0 Å². The van der Waals surface area contributed by atoms with Crippen molar-refractivity contribution in [2.24, 2.45) is 0 Å². The lowest BCUT2D eigenvalue weighted by Crippen LogP contribution is -1.92. The second-order valence-electron chi connectivity index (χ2n) is 3.28. The predicted molar refractivity (Wildman–Crippen MR) is 58.3 cm³/mol. The average Bonchev–Trinajstić information content (AvgIpc) is 2.67. The van der Waals surface area contributed by atoms with Crippen LogP contribution in [0.4, 0.5) is 4.39 Å². The summed E-state index contributed by atoms with van der Waals surface area (Å²) in [6, 6.07) is 9.71. The SMILES string of the molecule is C/C(F)=C\c1cnn(-c2ccccc2)c1. The van der Waals surface area contributed by atoms with Crippen molar-refractivity contribution in [3.8, 4) is 5.69 Å². The lowest BCUT2D eigenvalue weighted by atomic mass is 10.3. The fraction of sp³-hybridized carbons (Fsp3) is 0.0833. The van der Waals surface area contributed by atoms with Crippen LogP contribution in [0.2, 0.25) is 0 Å². The molecule has 1 aromatic carbocycles. The summed E-state index contributed by atoms with van der Waals surface area (Å²) in [4.78, 5) is 0. The molecule has 1 heterocycles. The molecule has 0 unspecified atom stereocenters. The highest BCUT2D eigenvalue weighted by atomic mass is 19.1. The summed E-state index contributed by atoms with van der Waals surface area (Å²) in [5, 5.41) is 4.14. The van der Waals surface area contributed by atoms with Crippen LogP contribution in [0.5, 0.6) is 0 Å². The first-order valence-electron chi connectivity index (χ1n) is 4.69. The molecule has 0 aliphatic rings. The van der Waals surface area contributed by atoms with Crippen molar-refractivity contribution in [2.75, 3.05) is 0 Å². The molecular weight excluding hydrogens is 191 g/mol. The second kappa shape index (κ2) is 4.09. The molecule has 3 heteroatoms. The molecule has 2 nitrogen and oxygen atoms in total. The molecule has 0 saturated heterocycles. The van der Waals surface area contributed by atoms with Crippen molar-refractivity contribution in [1.29, 1.82) is 0 Å². The third-order valence-corrected chi connectivity index (χ3v) is 1.99. The molecule has 2 rings (SSSR count). The maximum absolute atomic E-state index is 12.6. The van der Waals surface area contributed by atoms with E-state index < -0.39 is 0 Å². The van der Waals surface area contributed by atoms with Gasteiger partial charge in [0.1, 0.15) is 0 Å². The van der Waals surface area contributed by atoms with Crippen LogP contribution in [-0.4, -0.2) is 9.78 Å². The molecule has 1 aromatic heterocycles. The van der Waals surface area contributed by atoms with Crippen LogP contribution in [0.3, 0.4) is 0 Å². The van der Waals surface area contributed by atoms with Crippen LogP contribution >= 0.6 is 0 Å². The number of para-hydroxylation sites is 1. The van der Waals surface area contributed by atoms with Crippen LogP contribution in [0.1, 0.15) is 12.5 Å². The Morgan fingerprint density at radius 2 is 2.07 bits per heavy atom. The standard InChI is InChI=1S/C12H11FN2/c1-10(13)7-11-8-14-15(9-11)12-5-3-2-4-6-12/h2-9H,1H3/b10-7+. The summed E-state index contributed by atoms with van der Waals surface area (Å²) in [6.45, 7) is 1.42. The molecular formula is C12H11FN2. The molecule has 0 atom stereocenters. The predicted octanol–water partition coefficient (Wildman–Crippen LogP) is 3.20. The van der Waals surface area contributed by atoms with Crippen molar-refractivity contribution < 1.29 is 4.39 Å². The van der Waals surface area contributed by atoms with Gasteiger partial charge in [-0.3, -0.25) is 0 Å². The van der Waals surface area contributed by atoms with E-state index in [4.69, 9.17) is 0 Å². The minimum absolute atomic E-state index is 0.220. The normalized spacial score (nSPS) is 11.7. The Hall–Kier alpha value is -1.90. The van der Waals surface area contributed by atoms with E-state index in [9.17, 15) is 4.39 Å². The van der Waals surface area contributed by atoms with Crippen LogP contribution in [0.25, 0.3) is 11.8 Å². The van der Waals surface area contributed by atoms with Gasteiger partial charge in [0.25, 0.3) is 0 Å². The second-order valence-corrected chi connectivity index (χ2v) is 3.28. The van der Waals surface area contributed by atoms with Gasteiger partial charge >= 0.3 is 0 Å². The Morgan fingerprint density at radius 3 is 2.73 bits per heavy atom. The largest absolute Gasteiger partial charge is 0.240 e. The molecule has 0 saturated carbocycles. The molecule has 0 radical (unpaired) electrons. The molecule has 0 N–H and O–H groups in total. The van der Waals surface area contributed by atoms with E-state index in [-0.39, 0.29) is 5.83 Å². The first-order valence-corrected chi connectivity index (χ1v) is 4.69. The Bertz CT molecular complexity index is 467. The van der Waals surface area contributed by atoms with Crippen LogP contribution < -0.4 is 0 Å². The monoisotopic (exact) mass is 202 g/mol. The molecule has 0 fully saturated rings. The van der Waals surface area contributed by atoms with Crippen molar-refractivity contribution in [1.82, 2.24) is 9.78 Å². The minimum Gasteiger partial charge on any atom is -0.240 e. The third-order valence-electron chi connectivity index (χ3n) is 1.99. The molecule has 0 bridgehead atoms. The van der Waals surface area contributed by atoms with E-state index in [1.54, 1.807) is 17.1 Å². The van der Waals surface area contributed by atoms with Crippen molar-refractivity contribution in [3.63, 3.8) is 0 Å². The number of allylic oxidation sites excluding steroid dienone is 1. The number of hydrogen-bond donors (Lipinski definition) is 0. The zero-order chi connectivity index (χ0) is 10.7. The van der Waals surface area contributed by atoms with E-state index in [2.05, 4.69) is 5.10 Å². The molecule has 0 amide bonds. The van der Waals surface area contributed by atoms with Crippen molar-refractivity contribution >= 4 is 6.08 Å². The topological polar surface area (TPSA) is 17.8 Å². The summed E-state index contributed by atoms with van der Waals surface area (Å²) in [7, 11) is 0. The van der Waals surface area contributed by atoms with Gasteiger partial charge in [-0.15, -0.1) is 0 Å². The highest BCUT2D eigenvalue weighted by Crippen LogP contribution is 2.10. The molecule has 2 aromatic rings. The summed E-state index contributed by atoms with van der Waals surface area (Å²) in [5.41, 5.74) is 1.73. The highest BCUT2D eigenvalue weighted by Gasteiger charge is 1.98. The minimum atomic E-state index is -0.220. The Labute approximate surface area is 87.7 Å².